The normalized spacial score (nSPS) is 21.0. The van der Waals surface area contributed by atoms with Crippen molar-refractivity contribution < 1.29 is 17.9 Å². The molecule has 0 aromatic carbocycles. The van der Waals surface area contributed by atoms with Gasteiger partial charge in [-0.2, -0.15) is 13.2 Å². The third kappa shape index (κ3) is 9.83. The number of guanidine groups is 1. The molecule has 1 rings (SSSR count). The Labute approximate surface area is 166 Å². The molecule has 1 saturated heterocycles. The fourth-order valence-electron chi connectivity index (χ4n) is 2.74. The summed E-state index contributed by atoms with van der Waals surface area (Å²) < 4.78 is 42.9. The van der Waals surface area contributed by atoms with Crippen LogP contribution in [-0.2, 0) is 4.74 Å². The van der Waals surface area contributed by atoms with E-state index in [0.717, 1.165) is 0 Å². The number of rotatable bonds is 6. The zero-order chi connectivity index (χ0) is 18.4. The first-order valence-electron chi connectivity index (χ1n) is 8.42. The lowest BCUT2D eigenvalue weighted by molar-refractivity contribution is -0.143. The number of alkyl halides is 3. The Morgan fingerprint density at radius 2 is 1.96 bits per heavy atom. The first-order chi connectivity index (χ1) is 11.0. The van der Waals surface area contributed by atoms with Gasteiger partial charge in [-0.1, -0.05) is 20.8 Å². The predicted molar refractivity (Wildman–Crippen MR) is 106 cm³/mol. The molecule has 9 heteroatoms. The molecular weight excluding hydrogens is 448 g/mol. The number of methoxy groups -OCH3 is 1. The zero-order valence-corrected chi connectivity index (χ0v) is 18.1. The smallest absolute Gasteiger partial charge is 0.379 e. The van der Waals surface area contributed by atoms with Gasteiger partial charge in [-0.15, -0.1) is 24.0 Å². The van der Waals surface area contributed by atoms with E-state index in [1.54, 1.807) is 7.11 Å². The molecule has 0 radical (unpaired) electrons. The highest BCUT2D eigenvalue weighted by molar-refractivity contribution is 14.0. The summed E-state index contributed by atoms with van der Waals surface area (Å²) in [6.45, 7) is 9.37. The second-order valence-electron chi connectivity index (χ2n) is 7.29. The monoisotopic (exact) mass is 480 g/mol. The molecule has 0 spiro atoms. The highest BCUT2D eigenvalue weighted by Crippen LogP contribution is 2.22. The van der Waals surface area contributed by atoms with Gasteiger partial charge in [0.2, 0.25) is 0 Å². The van der Waals surface area contributed by atoms with Crippen LogP contribution in [0.25, 0.3) is 0 Å². The van der Waals surface area contributed by atoms with Crippen LogP contribution in [0.3, 0.4) is 0 Å². The Hall–Kier alpha value is -0.290. The molecule has 1 aliphatic heterocycles. The first-order valence-corrected chi connectivity index (χ1v) is 8.42. The van der Waals surface area contributed by atoms with Gasteiger partial charge >= 0.3 is 6.18 Å². The van der Waals surface area contributed by atoms with Crippen LogP contribution in [0, 0.1) is 5.41 Å². The average molecular weight is 480 g/mol. The summed E-state index contributed by atoms with van der Waals surface area (Å²) in [5, 5.41) is 6.38. The topological polar surface area (TPSA) is 48.9 Å². The summed E-state index contributed by atoms with van der Waals surface area (Å²) >= 11 is 0. The second kappa shape index (κ2) is 10.8. The van der Waals surface area contributed by atoms with Crippen LogP contribution in [0.5, 0.6) is 0 Å². The zero-order valence-electron chi connectivity index (χ0n) is 15.7. The van der Waals surface area contributed by atoms with Gasteiger partial charge in [0.05, 0.1) is 19.2 Å². The number of aliphatic imine (C=N–C) groups is 1. The summed E-state index contributed by atoms with van der Waals surface area (Å²) in [6, 6.07) is -0.0271. The summed E-state index contributed by atoms with van der Waals surface area (Å²) in [6.07, 6.45) is -3.50. The van der Waals surface area contributed by atoms with E-state index < -0.39 is 12.7 Å². The van der Waals surface area contributed by atoms with Gasteiger partial charge in [-0.25, -0.2) is 0 Å². The predicted octanol–water partition coefficient (Wildman–Crippen LogP) is 2.86. The van der Waals surface area contributed by atoms with Crippen molar-refractivity contribution in [1.29, 1.82) is 0 Å². The molecule has 2 N–H and O–H groups in total. The molecule has 0 aromatic rings. The number of halogens is 4. The largest absolute Gasteiger partial charge is 0.401 e. The Morgan fingerprint density at radius 3 is 2.44 bits per heavy atom. The van der Waals surface area contributed by atoms with Crippen molar-refractivity contribution >= 4 is 29.9 Å². The van der Waals surface area contributed by atoms with Crippen LogP contribution >= 0.6 is 24.0 Å². The standard InChI is InChI=1S/C16H31F3N4O.HI/c1-6-20-14(21-9-13(24-5)15(2,3)4)22-12-7-8-23(10-12)11-16(17,18)19;/h12-13H,6-11H2,1-5H3,(H2,20,21,22);1H. The van der Waals surface area contributed by atoms with Crippen molar-refractivity contribution in [3.05, 3.63) is 0 Å². The van der Waals surface area contributed by atoms with Crippen LogP contribution in [0.1, 0.15) is 34.1 Å². The number of hydrogen-bond acceptors (Lipinski definition) is 3. The van der Waals surface area contributed by atoms with E-state index in [2.05, 4.69) is 36.4 Å². The molecule has 0 bridgehead atoms. The molecule has 0 saturated carbocycles. The lowest BCUT2D eigenvalue weighted by Gasteiger charge is -2.28. The summed E-state index contributed by atoms with van der Waals surface area (Å²) in [7, 11) is 1.66. The fourth-order valence-corrected chi connectivity index (χ4v) is 2.74. The SMILES string of the molecule is CCNC(=NCC(OC)C(C)(C)C)NC1CCN(CC(F)(F)F)C1.I. The Kier molecular flexibility index (Phi) is 10.6. The van der Waals surface area contributed by atoms with Crippen molar-refractivity contribution in [3.8, 4) is 0 Å². The molecule has 0 amide bonds. The summed E-state index contributed by atoms with van der Waals surface area (Å²) in [5.74, 6) is 0.627. The molecule has 1 aliphatic rings. The van der Waals surface area contributed by atoms with E-state index in [0.29, 0.717) is 38.6 Å². The maximum Gasteiger partial charge on any atom is 0.401 e. The molecule has 1 heterocycles. The molecule has 0 aliphatic carbocycles. The van der Waals surface area contributed by atoms with Gasteiger partial charge in [0.15, 0.2) is 5.96 Å². The first kappa shape index (κ1) is 24.7. The minimum atomic E-state index is -4.15. The fraction of sp³-hybridized carbons (Fsp3) is 0.938. The molecule has 2 unspecified atom stereocenters. The van der Waals surface area contributed by atoms with E-state index in [-0.39, 0.29) is 41.5 Å². The van der Waals surface area contributed by atoms with Gasteiger partial charge in [0, 0.05) is 32.8 Å². The van der Waals surface area contributed by atoms with E-state index in [4.69, 9.17) is 4.74 Å². The maximum absolute atomic E-state index is 12.5. The lowest BCUT2D eigenvalue weighted by Crippen LogP contribution is -2.46. The van der Waals surface area contributed by atoms with Gasteiger partial charge in [0.1, 0.15) is 0 Å². The Bertz CT molecular complexity index is 413. The number of nitrogens with zero attached hydrogens (tertiary/aromatic N) is 2. The summed E-state index contributed by atoms with van der Waals surface area (Å²) in [5.41, 5.74) is -0.0353. The van der Waals surface area contributed by atoms with Crippen molar-refractivity contribution in [1.82, 2.24) is 15.5 Å². The maximum atomic E-state index is 12.5. The molecule has 25 heavy (non-hydrogen) atoms. The second-order valence-corrected chi connectivity index (χ2v) is 7.29. The van der Waals surface area contributed by atoms with E-state index >= 15 is 0 Å². The van der Waals surface area contributed by atoms with E-state index in [1.165, 1.54) is 4.90 Å². The lowest BCUT2D eigenvalue weighted by atomic mass is 9.89. The minimum Gasteiger partial charge on any atom is -0.379 e. The Balaban J connectivity index is 0.00000576. The Morgan fingerprint density at radius 1 is 1.32 bits per heavy atom. The molecular formula is C16H32F3IN4O. The van der Waals surface area contributed by atoms with E-state index in [9.17, 15) is 13.2 Å². The molecule has 0 aromatic heterocycles. The van der Waals surface area contributed by atoms with Crippen LogP contribution in [0.4, 0.5) is 13.2 Å². The number of hydrogen-bond donors (Lipinski definition) is 2. The van der Waals surface area contributed by atoms with Crippen LogP contribution in [-0.4, -0.2) is 69.0 Å². The number of ether oxygens (including phenoxy) is 1. The van der Waals surface area contributed by atoms with Crippen LogP contribution in [0.2, 0.25) is 0 Å². The molecule has 5 nitrogen and oxygen atoms in total. The van der Waals surface area contributed by atoms with Gasteiger partial charge in [0.25, 0.3) is 0 Å². The van der Waals surface area contributed by atoms with Gasteiger partial charge in [-0.3, -0.25) is 9.89 Å². The highest BCUT2D eigenvalue weighted by atomic mass is 127. The van der Waals surface area contributed by atoms with Gasteiger partial charge in [-0.05, 0) is 18.8 Å². The third-order valence-electron chi connectivity index (χ3n) is 4.03. The van der Waals surface area contributed by atoms with Gasteiger partial charge < -0.3 is 15.4 Å². The molecule has 2 atom stereocenters. The van der Waals surface area contributed by atoms with Crippen LogP contribution < -0.4 is 10.6 Å². The molecule has 1 fully saturated rings. The number of nitrogens with one attached hydrogen (secondary N) is 2. The molecule has 150 valence electrons. The highest BCUT2D eigenvalue weighted by Gasteiger charge is 2.34. The summed E-state index contributed by atoms with van der Waals surface area (Å²) in [4.78, 5) is 5.97. The third-order valence-corrected chi connectivity index (χ3v) is 4.03. The van der Waals surface area contributed by atoms with Crippen molar-refractivity contribution in [2.45, 2.75) is 52.4 Å². The van der Waals surface area contributed by atoms with Crippen molar-refractivity contribution in [2.24, 2.45) is 10.4 Å². The van der Waals surface area contributed by atoms with Crippen LogP contribution in [0.15, 0.2) is 4.99 Å². The van der Waals surface area contributed by atoms with E-state index in [1.807, 2.05) is 6.92 Å². The minimum absolute atomic E-state index is 0. The average Bonchev–Trinajstić information content (AvgIpc) is 2.82. The van der Waals surface area contributed by atoms with Crippen molar-refractivity contribution in [2.75, 3.05) is 39.8 Å². The van der Waals surface area contributed by atoms with Crippen molar-refractivity contribution in [3.63, 3.8) is 0 Å². The quantitative estimate of drug-likeness (QED) is 0.349. The number of likely N-dealkylation sites (tertiary alicyclic amines) is 1.